The third-order valence-electron chi connectivity index (χ3n) is 1.48. The molecule has 72 valence electrons. The molecule has 0 aliphatic carbocycles. The van der Waals surface area contributed by atoms with Gasteiger partial charge in [-0.1, -0.05) is 0 Å². The fourth-order valence-corrected chi connectivity index (χ4v) is 0.878. The van der Waals surface area contributed by atoms with Crippen molar-refractivity contribution in [2.45, 2.75) is 25.4 Å². The summed E-state index contributed by atoms with van der Waals surface area (Å²) in [7, 11) is 2.57. The number of ether oxygens (including phenoxy) is 2. The SMILES string of the molecule is COC(OC)C(C(C)O)[N+](=O)[O-]. The van der Waals surface area contributed by atoms with Gasteiger partial charge < -0.3 is 14.6 Å². The van der Waals surface area contributed by atoms with Gasteiger partial charge in [0.05, 0.1) is 0 Å². The van der Waals surface area contributed by atoms with Gasteiger partial charge in [-0.15, -0.1) is 0 Å². The summed E-state index contributed by atoms with van der Waals surface area (Å²) >= 11 is 0. The van der Waals surface area contributed by atoms with Crippen molar-refractivity contribution in [2.24, 2.45) is 0 Å². The summed E-state index contributed by atoms with van der Waals surface area (Å²) in [5.41, 5.74) is 0. The molecule has 1 N–H and O–H groups in total. The van der Waals surface area contributed by atoms with Crippen molar-refractivity contribution in [3.63, 3.8) is 0 Å². The van der Waals surface area contributed by atoms with Crippen molar-refractivity contribution < 1.29 is 19.5 Å². The van der Waals surface area contributed by atoms with E-state index in [4.69, 9.17) is 5.11 Å². The van der Waals surface area contributed by atoms with Gasteiger partial charge in [-0.25, -0.2) is 0 Å². The topological polar surface area (TPSA) is 81.8 Å². The van der Waals surface area contributed by atoms with Gasteiger partial charge in [-0.3, -0.25) is 10.1 Å². The van der Waals surface area contributed by atoms with Gasteiger partial charge in [0.25, 0.3) is 6.04 Å². The summed E-state index contributed by atoms with van der Waals surface area (Å²) in [6, 6.07) is -1.25. The second kappa shape index (κ2) is 5.02. The Kier molecular flexibility index (Phi) is 4.72. The molecule has 0 saturated carbocycles. The third-order valence-corrected chi connectivity index (χ3v) is 1.48. The average molecular weight is 179 g/mol. The molecule has 0 aliphatic rings. The number of aliphatic hydroxyl groups is 1. The van der Waals surface area contributed by atoms with Crippen LogP contribution in [0.2, 0.25) is 0 Å². The van der Waals surface area contributed by atoms with E-state index in [1.807, 2.05) is 0 Å². The Labute approximate surface area is 70.2 Å². The van der Waals surface area contributed by atoms with Gasteiger partial charge in [-0.2, -0.15) is 0 Å². The van der Waals surface area contributed by atoms with E-state index in [1.165, 1.54) is 21.1 Å². The highest BCUT2D eigenvalue weighted by Gasteiger charge is 2.36. The molecule has 0 aromatic heterocycles. The lowest BCUT2D eigenvalue weighted by molar-refractivity contribution is -0.558. The van der Waals surface area contributed by atoms with Crippen LogP contribution in [-0.2, 0) is 9.47 Å². The number of hydrogen-bond donors (Lipinski definition) is 1. The predicted octanol–water partition coefficient (Wildman–Crippen LogP) is -0.369. The van der Waals surface area contributed by atoms with Crippen LogP contribution >= 0.6 is 0 Å². The molecule has 0 bridgehead atoms. The van der Waals surface area contributed by atoms with Gasteiger partial charge in [0.15, 0.2) is 0 Å². The Balaban J connectivity index is 4.36. The molecule has 0 aliphatic heterocycles. The Morgan fingerprint density at radius 3 is 1.92 bits per heavy atom. The van der Waals surface area contributed by atoms with Crippen LogP contribution in [-0.4, -0.2) is 42.7 Å². The first kappa shape index (κ1) is 11.3. The van der Waals surface area contributed by atoms with E-state index in [1.54, 1.807) is 0 Å². The Morgan fingerprint density at radius 1 is 1.42 bits per heavy atom. The molecular formula is C6H13NO5. The van der Waals surface area contributed by atoms with E-state index in [0.29, 0.717) is 0 Å². The van der Waals surface area contributed by atoms with Crippen molar-refractivity contribution >= 4 is 0 Å². The fraction of sp³-hybridized carbons (Fsp3) is 1.00. The first-order valence-electron chi connectivity index (χ1n) is 3.41. The number of hydrogen-bond acceptors (Lipinski definition) is 5. The molecule has 2 unspecified atom stereocenters. The Bertz CT molecular complexity index is 145. The molecule has 0 rings (SSSR count). The number of nitro groups is 1. The van der Waals surface area contributed by atoms with Crippen LogP contribution < -0.4 is 0 Å². The molecule has 0 aromatic rings. The summed E-state index contributed by atoms with van der Waals surface area (Å²) in [5.74, 6) is 0. The highest BCUT2D eigenvalue weighted by atomic mass is 16.7. The zero-order valence-corrected chi connectivity index (χ0v) is 7.26. The van der Waals surface area contributed by atoms with E-state index >= 15 is 0 Å². The maximum Gasteiger partial charge on any atom is 0.288 e. The van der Waals surface area contributed by atoms with Gasteiger partial charge in [-0.05, 0) is 6.92 Å². The molecule has 0 aromatic carbocycles. The normalized spacial score (nSPS) is 16.1. The van der Waals surface area contributed by atoms with Crippen LogP contribution in [0.15, 0.2) is 0 Å². The molecule has 12 heavy (non-hydrogen) atoms. The monoisotopic (exact) mass is 179 g/mol. The molecular weight excluding hydrogens is 166 g/mol. The maximum atomic E-state index is 10.4. The molecule has 6 nitrogen and oxygen atoms in total. The zero-order valence-electron chi connectivity index (χ0n) is 7.26. The second-order valence-electron chi connectivity index (χ2n) is 2.36. The smallest absolute Gasteiger partial charge is 0.288 e. The number of nitrogens with zero attached hydrogens (tertiary/aromatic N) is 1. The van der Waals surface area contributed by atoms with Gasteiger partial charge in [0.2, 0.25) is 6.29 Å². The van der Waals surface area contributed by atoms with Gasteiger partial charge >= 0.3 is 0 Å². The van der Waals surface area contributed by atoms with E-state index in [9.17, 15) is 10.1 Å². The minimum atomic E-state index is -1.25. The van der Waals surface area contributed by atoms with Crippen molar-refractivity contribution in [3.8, 4) is 0 Å². The van der Waals surface area contributed by atoms with Crippen molar-refractivity contribution in [1.29, 1.82) is 0 Å². The molecule has 0 amide bonds. The molecule has 0 fully saturated rings. The van der Waals surface area contributed by atoms with E-state index < -0.39 is 23.4 Å². The Hall–Kier alpha value is -0.720. The van der Waals surface area contributed by atoms with Crippen molar-refractivity contribution in [2.75, 3.05) is 14.2 Å². The zero-order chi connectivity index (χ0) is 9.72. The fourth-order valence-electron chi connectivity index (χ4n) is 0.878. The molecule has 0 heterocycles. The lowest BCUT2D eigenvalue weighted by atomic mass is 10.2. The van der Waals surface area contributed by atoms with Crippen molar-refractivity contribution in [1.82, 2.24) is 0 Å². The summed E-state index contributed by atoms with van der Waals surface area (Å²) in [5, 5.41) is 19.4. The summed E-state index contributed by atoms with van der Waals surface area (Å²) in [6.45, 7) is 1.32. The Morgan fingerprint density at radius 2 is 1.83 bits per heavy atom. The summed E-state index contributed by atoms with van der Waals surface area (Å²) < 4.78 is 9.32. The molecule has 0 spiro atoms. The number of rotatable bonds is 5. The van der Waals surface area contributed by atoms with Crippen molar-refractivity contribution in [3.05, 3.63) is 10.1 Å². The molecule has 0 radical (unpaired) electrons. The number of aliphatic hydroxyl groups excluding tert-OH is 1. The van der Waals surface area contributed by atoms with E-state index in [2.05, 4.69) is 9.47 Å². The van der Waals surface area contributed by atoms with Crippen LogP contribution in [0, 0.1) is 10.1 Å². The third kappa shape index (κ3) is 2.72. The predicted molar refractivity (Wildman–Crippen MR) is 40.3 cm³/mol. The maximum absolute atomic E-state index is 10.4. The molecule has 6 heteroatoms. The van der Waals surface area contributed by atoms with Crippen LogP contribution in [0.4, 0.5) is 0 Å². The van der Waals surface area contributed by atoms with Crippen LogP contribution in [0.25, 0.3) is 0 Å². The molecule has 2 atom stereocenters. The second-order valence-corrected chi connectivity index (χ2v) is 2.36. The summed E-state index contributed by atoms with van der Waals surface area (Å²) in [4.78, 5) is 9.76. The number of methoxy groups -OCH3 is 2. The minimum Gasteiger partial charge on any atom is -0.386 e. The highest BCUT2D eigenvalue weighted by molar-refractivity contribution is 4.66. The average Bonchev–Trinajstić information content (AvgIpc) is 1.98. The van der Waals surface area contributed by atoms with Crippen LogP contribution in [0.5, 0.6) is 0 Å². The van der Waals surface area contributed by atoms with Crippen LogP contribution in [0.1, 0.15) is 6.92 Å². The van der Waals surface area contributed by atoms with Gasteiger partial charge in [0, 0.05) is 19.1 Å². The lowest BCUT2D eigenvalue weighted by Crippen LogP contribution is -2.44. The lowest BCUT2D eigenvalue weighted by Gasteiger charge is -2.19. The van der Waals surface area contributed by atoms with Gasteiger partial charge in [0.1, 0.15) is 6.10 Å². The summed E-state index contributed by atoms with van der Waals surface area (Å²) in [6.07, 6.45) is -2.12. The van der Waals surface area contributed by atoms with E-state index in [0.717, 1.165) is 0 Å². The first-order chi connectivity index (χ1) is 5.54. The minimum absolute atomic E-state index is 0.623. The molecule has 0 saturated heterocycles. The highest BCUT2D eigenvalue weighted by Crippen LogP contribution is 2.07. The standard InChI is InChI=1S/C6H13NO5/c1-4(8)5(7(9)10)6(11-2)12-3/h4-6,8H,1-3H3. The first-order valence-corrected chi connectivity index (χ1v) is 3.41. The largest absolute Gasteiger partial charge is 0.386 e. The quantitative estimate of drug-likeness (QED) is 0.354. The van der Waals surface area contributed by atoms with E-state index in [-0.39, 0.29) is 0 Å². The van der Waals surface area contributed by atoms with Crippen LogP contribution in [0.3, 0.4) is 0 Å².